The molecule has 1 saturated heterocycles. The van der Waals surface area contributed by atoms with Crippen LogP contribution in [-0.2, 0) is 10.2 Å². The van der Waals surface area contributed by atoms with Crippen molar-refractivity contribution in [3.8, 4) is 0 Å². The summed E-state index contributed by atoms with van der Waals surface area (Å²) in [4.78, 5) is 16.9. The molecule has 4 rings (SSSR count). The molecule has 2 N–H and O–H groups in total. The molecule has 1 fully saturated rings. The molecule has 0 aliphatic carbocycles. The van der Waals surface area contributed by atoms with Gasteiger partial charge in [-0.25, -0.2) is 0 Å². The van der Waals surface area contributed by atoms with Gasteiger partial charge in [-0.15, -0.1) is 0 Å². The van der Waals surface area contributed by atoms with Gasteiger partial charge >= 0.3 is 0 Å². The van der Waals surface area contributed by atoms with Gasteiger partial charge in [-0.3, -0.25) is 14.9 Å². The Morgan fingerprint density at radius 1 is 1.23 bits per heavy atom. The Hall–Kier alpha value is -2.00. The first-order valence-corrected chi connectivity index (χ1v) is 9.66. The summed E-state index contributed by atoms with van der Waals surface area (Å²) in [5, 5.41) is 11.2. The summed E-state index contributed by atoms with van der Waals surface area (Å²) in [5.74, 6) is -0.0659. The zero-order valence-corrected chi connectivity index (χ0v) is 16.3. The Labute approximate surface area is 164 Å². The number of hydrogen-bond acceptors (Lipinski definition) is 4. The van der Waals surface area contributed by atoms with Crippen LogP contribution in [0.5, 0.6) is 0 Å². The topological polar surface area (TPSA) is 79.9 Å². The number of pyridine rings is 1. The Morgan fingerprint density at radius 2 is 2.00 bits per heavy atom. The summed E-state index contributed by atoms with van der Waals surface area (Å²) in [6.45, 7) is 1.99. The van der Waals surface area contributed by atoms with Crippen molar-refractivity contribution in [1.29, 1.82) is 0 Å². The number of ether oxygens (including phenoxy) is 1. The van der Waals surface area contributed by atoms with Crippen molar-refractivity contribution in [1.82, 2.24) is 20.5 Å². The van der Waals surface area contributed by atoms with E-state index in [1.54, 1.807) is 0 Å². The fraction of sp³-hybridized carbons (Fsp3) is 0.316. The molecule has 26 heavy (non-hydrogen) atoms. The minimum Gasteiger partial charge on any atom is -0.381 e. The van der Waals surface area contributed by atoms with Crippen LogP contribution in [-0.4, -0.2) is 40.8 Å². The number of nitrogens with one attached hydrogen (secondary N) is 2. The molecule has 0 spiro atoms. The molecule has 3 aromatic rings. The average molecular weight is 462 g/mol. The van der Waals surface area contributed by atoms with Gasteiger partial charge in [0, 0.05) is 48.5 Å². The molecule has 1 aliphatic rings. The zero-order chi connectivity index (χ0) is 18.0. The third-order valence-corrected chi connectivity index (χ3v) is 5.92. The summed E-state index contributed by atoms with van der Waals surface area (Å²) in [7, 11) is 0. The average Bonchev–Trinajstić information content (AvgIpc) is 3.08. The fourth-order valence-corrected chi connectivity index (χ4v) is 4.06. The molecule has 0 saturated carbocycles. The monoisotopic (exact) mass is 462 g/mol. The number of benzene rings is 1. The third kappa shape index (κ3) is 3.33. The first-order chi connectivity index (χ1) is 12.7. The molecular weight excluding hydrogens is 443 g/mol. The predicted molar refractivity (Wildman–Crippen MR) is 107 cm³/mol. The van der Waals surface area contributed by atoms with Crippen LogP contribution in [0.2, 0.25) is 0 Å². The Kier molecular flexibility index (Phi) is 4.90. The van der Waals surface area contributed by atoms with E-state index in [1.165, 1.54) is 5.56 Å². The van der Waals surface area contributed by atoms with Crippen LogP contribution in [0.4, 0.5) is 0 Å². The van der Waals surface area contributed by atoms with Crippen LogP contribution in [0.15, 0.2) is 42.7 Å². The van der Waals surface area contributed by atoms with Crippen molar-refractivity contribution < 1.29 is 9.53 Å². The lowest BCUT2D eigenvalue weighted by Crippen LogP contribution is -2.44. The van der Waals surface area contributed by atoms with Gasteiger partial charge in [0.15, 0.2) is 0 Å². The lowest BCUT2D eigenvalue weighted by Gasteiger charge is -2.37. The highest BCUT2D eigenvalue weighted by molar-refractivity contribution is 14.1. The summed E-state index contributed by atoms with van der Waals surface area (Å²) in [5.41, 5.74) is 2.61. The normalized spacial score (nSPS) is 16.5. The number of aromatic nitrogens is 3. The second-order valence-electron chi connectivity index (χ2n) is 6.58. The maximum absolute atomic E-state index is 12.7. The van der Waals surface area contributed by atoms with E-state index in [-0.39, 0.29) is 11.3 Å². The Bertz CT molecular complexity index is 920. The number of aromatic amines is 1. The summed E-state index contributed by atoms with van der Waals surface area (Å²) >= 11 is 2.19. The molecule has 1 aromatic carbocycles. The van der Waals surface area contributed by atoms with E-state index in [0.717, 1.165) is 27.4 Å². The highest BCUT2D eigenvalue weighted by Crippen LogP contribution is 2.34. The Balaban J connectivity index is 1.55. The number of amides is 1. The van der Waals surface area contributed by atoms with Crippen molar-refractivity contribution in [3.05, 3.63) is 57.6 Å². The number of fused-ring (bicyclic) bond motifs is 1. The van der Waals surface area contributed by atoms with E-state index in [9.17, 15) is 4.79 Å². The minimum absolute atomic E-state index is 0.0659. The molecule has 2 aromatic heterocycles. The first-order valence-electron chi connectivity index (χ1n) is 8.58. The lowest BCUT2D eigenvalue weighted by molar-refractivity contribution is 0.0487. The van der Waals surface area contributed by atoms with Crippen molar-refractivity contribution in [2.75, 3.05) is 19.8 Å². The Morgan fingerprint density at radius 3 is 2.77 bits per heavy atom. The molecule has 7 heteroatoms. The summed E-state index contributed by atoms with van der Waals surface area (Å²) in [6, 6.07) is 9.65. The van der Waals surface area contributed by atoms with Crippen LogP contribution >= 0.6 is 22.6 Å². The van der Waals surface area contributed by atoms with E-state index in [0.29, 0.717) is 25.3 Å². The van der Waals surface area contributed by atoms with Gasteiger partial charge in [0.25, 0.3) is 5.91 Å². The largest absolute Gasteiger partial charge is 0.381 e. The van der Waals surface area contributed by atoms with Crippen molar-refractivity contribution in [2.45, 2.75) is 18.3 Å². The highest BCUT2D eigenvalue weighted by Gasteiger charge is 2.34. The van der Waals surface area contributed by atoms with Crippen LogP contribution in [0, 0.1) is 3.70 Å². The van der Waals surface area contributed by atoms with E-state index < -0.39 is 0 Å². The predicted octanol–water partition coefficient (Wildman–Crippen LogP) is 3.04. The van der Waals surface area contributed by atoms with Gasteiger partial charge in [0.2, 0.25) is 0 Å². The number of hydrogen-bond donors (Lipinski definition) is 2. The van der Waals surface area contributed by atoms with Crippen LogP contribution < -0.4 is 5.32 Å². The van der Waals surface area contributed by atoms with Crippen molar-refractivity contribution in [3.63, 3.8) is 0 Å². The summed E-state index contributed by atoms with van der Waals surface area (Å²) in [6.07, 6.45) is 5.39. The van der Waals surface area contributed by atoms with Crippen LogP contribution in [0.25, 0.3) is 10.9 Å². The highest BCUT2D eigenvalue weighted by atomic mass is 127. The third-order valence-electron chi connectivity index (χ3n) is 5.10. The standard InChI is InChI=1S/C19H19IN4O2/c20-17-15-11-13(1-2-16(15)23-24-17)18(25)22-12-19(5-9-26-10-6-19)14-3-7-21-8-4-14/h1-4,7-8,11H,5-6,9-10,12H2,(H,22,25)(H,23,24). The molecule has 0 unspecified atom stereocenters. The molecular formula is C19H19IN4O2. The van der Waals surface area contributed by atoms with Gasteiger partial charge in [-0.05, 0) is 71.3 Å². The van der Waals surface area contributed by atoms with E-state index in [4.69, 9.17) is 4.74 Å². The number of carbonyl (C=O) groups is 1. The van der Waals surface area contributed by atoms with Crippen molar-refractivity contribution >= 4 is 39.4 Å². The quantitative estimate of drug-likeness (QED) is 0.585. The van der Waals surface area contributed by atoms with Gasteiger partial charge in [-0.2, -0.15) is 5.10 Å². The molecule has 0 radical (unpaired) electrons. The SMILES string of the molecule is O=C(NCC1(c2ccncc2)CCOCC1)c1ccc2n[nH]c(I)c2c1. The molecule has 1 amide bonds. The zero-order valence-electron chi connectivity index (χ0n) is 14.2. The smallest absolute Gasteiger partial charge is 0.251 e. The second-order valence-corrected chi connectivity index (χ2v) is 7.66. The van der Waals surface area contributed by atoms with E-state index in [1.807, 2.05) is 42.7 Å². The molecule has 0 bridgehead atoms. The van der Waals surface area contributed by atoms with Gasteiger partial charge in [0.1, 0.15) is 3.70 Å². The van der Waals surface area contributed by atoms with E-state index >= 15 is 0 Å². The number of nitrogens with zero attached hydrogens (tertiary/aromatic N) is 2. The maximum atomic E-state index is 12.7. The fourth-order valence-electron chi connectivity index (χ4n) is 3.51. The maximum Gasteiger partial charge on any atom is 0.251 e. The first kappa shape index (κ1) is 17.4. The number of H-pyrrole nitrogens is 1. The van der Waals surface area contributed by atoms with Crippen molar-refractivity contribution in [2.24, 2.45) is 0 Å². The van der Waals surface area contributed by atoms with Gasteiger partial charge in [-0.1, -0.05) is 0 Å². The molecule has 1 aliphatic heterocycles. The molecule has 6 nitrogen and oxygen atoms in total. The number of rotatable bonds is 4. The summed E-state index contributed by atoms with van der Waals surface area (Å²) < 4.78 is 6.49. The van der Waals surface area contributed by atoms with Crippen LogP contribution in [0.3, 0.4) is 0 Å². The number of carbonyl (C=O) groups excluding carboxylic acids is 1. The molecule has 134 valence electrons. The molecule has 3 heterocycles. The van der Waals surface area contributed by atoms with Crippen LogP contribution in [0.1, 0.15) is 28.8 Å². The second kappa shape index (κ2) is 7.32. The number of halogens is 1. The van der Waals surface area contributed by atoms with Gasteiger partial charge < -0.3 is 10.1 Å². The lowest BCUT2D eigenvalue weighted by atomic mass is 9.74. The van der Waals surface area contributed by atoms with E-state index in [2.05, 4.69) is 43.1 Å². The molecule has 0 atom stereocenters. The van der Waals surface area contributed by atoms with Gasteiger partial charge in [0.05, 0.1) is 5.52 Å². The minimum atomic E-state index is -0.106.